The first-order chi connectivity index (χ1) is 14.7. The van der Waals surface area contributed by atoms with Crippen LogP contribution >= 0.6 is 11.3 Å². The van der Waals surface area contributed by atoms with Crippen LogP contribution in [0.15, 0.2) is 41.8 Å². The Kier molecular flexibility index (Phi) is 6.42. The topological polar surface area (TPSA) is 68.3 Å². The molecule has 1 unspecified atom stereocenters. The molecule has 2 saturated heterocycles. The molecule has 8 heteroatoms. The van der Waals surface area contributed by atoms with E-state index in [2.05, 4.69) is 0 Å². The number of hydrogen-bond donors (Lipinski definition) is 0. The molecule has 2 amide bonds. The van der Waals surface area contributed by atoms with E-state index in [9.17, 15) is 9.59 Å². The molecular weight excluding hydrogens is 404 g/mol. The zero-order valence-corrected chi connectivity index (χ0v) is 17.8. The number of thiophene rings is 1. The molecule has 0 spiro atoms. The van der Waals surface area contributed by atoms with E-state index in [-0.39, 0.29) is 24.1 Å². The van der Waals surface area contributed by atoms with Crippen LogP contribution in [0.4, 0.5) is 4.79 Å². The molecule has 2 aliphatic heterocycles. The second-order valence-corrected chi connectivity index (χ2v) is 8.27. The molecule has 0 saturated carbocycles. The number of rotatable bonds is 7. The number of cyclic esters (lactones) is 1. The van der Waals surface area contributed by atoms with Crippen LogP contribution in [0, 0.1) is 0 Å². The number of likely N-dealkylation sites (tertiary alicyclic amines) is 1. The number of ether oxygens (including phenoxy) is 3. The number of para-hydroxylation sites is 1. The molecule has 0 bridgehead atoms. The Hall–Kier alpha value is -2.74. The van der Waals surface area contributed by atoms with Crippen molar-refractivity contribution in [3.63, 3.8) is 0 Å². The highest BCUT2D eigenvalue weighted by Crippen LogP contribution is 2.29. The quantitative estimate of drug-likeness (QED) is 0.671. The van der Waals surface area contributed by atoms with E-state index >= 15 is 0 Å². The Morgan fingerprint density at radius 3 is 2.67 bits per heavy atom. The van der Waals surface area contributed by atoms with E-state index in [0.29, 0.717) is 43.5 Å². The number of amides is 2. The normalized spacial score (nSPS) is 19.6. The standard InChI is InChI=1S/C22H26N2O5S/c1-2-27-19-10-13-30-20(19)21(25)23-11-8-16(9-12-23)24-14-18(29-22(24)26)15-28-17-6-4-3-5-7-17/h3-7,10,13,16,18H,2,8-9,11-12,14-15H2,1H3. The number of nitrogens with zero attached hydrogens (tertiary/aromatic N) is 2. The maximum Gasteiger partial charge on any atom is 0.410 e. The number of piperidine rings is 1. The van der Waals surface area contributed by atoms with Gasteiger partial charge in [0, 0.05) is 19.1 Å². The summed E-state index contributed by atoms with van der Waals surface area (Å²) in [6.45, 7) is 4.52. The molecule has 160 valence electrons. The van der Waals surface area contributed by atoms with Gasteiger partial charge in [-0.2, -0.15) is 0 Å². The van der Waals surface area contributed by atoms with Gasteiger partial charge in [-0.3, -0.25) is 4.79 Å². The number of carbonyl (C=O) groups excluding carboxylic acids is 2. The van der Waals surface area contributed by atoms with Gasteiger partial charge >= 0.3 is 6.09 Å². The highest BCUT2D eigenvalue weighted by molar-refractivity contribution is 7.12. The molecular formula is C22H26N2O5S. The maximum atomic E-state index is 12.9. The van der Waals surface area contributed by atoms with Gasteiger partial charge in [-0.15, -0.1) is 11.3 Å². The van der Waals surface area contributed by atoms with Crippen LogP contribution in [-0.4, -0.2) is 66.8 Å². The van der Waals surface area contributed by atoms with Gasteiger partial charge in [-0.25, -0.2) is 4.79 Å². The van der Waals surface area contributed by atoms with Crippen molar-refractivity contribution in [3.05, 3.63) is 46.7 Å². The van der Waals surface area contributed by atoms with E-state index in [4.69, 9.17) is 14.2 Å². The summed E-state index contributed by atoms with van der Waals surface area (Å²) in [6, 6.07) is 11.4. The summed E-state index contributed by atoms with van der Waals surface area (Å²) in [5, 5.41) is 1.88. The summed E-state index contributed by atoms with van der Waals surface area (Å²) < 4.78 is 16.8. The van der Waals surface area contributed by atoms with Crippen LogP contribution in [0.2, 0.25) is 0 Å². The van der Waals surface area contributed by atoms with E-state index in [1.165, 1.54) is 11.3 Å². The van der Waals surface area contributed by atoms with Gasteiger partial charge in [0.05, 0.1) is 13.2 Å². The predicted molar refractivity (Wildman–Crippen MR) is 113 cm³/mol. The van der Waals surface area contributed by atoms with Gasteiger partial charge < -0.3 is 24.0 Å². The second kappa shape index (κ2) is 9.38. The van der Waals surface area contributed by atoms with Gasteiger partial charge in [-0.05, 0) is 43.3 Å². The molecule has 7 nitrogen and oxygen atoms in total. The molecule has 1 aromatic heterocycles. The first-order valence-electron chi connectivity index (χ1n) is 10.3. The van der Waals surface area contributed by atoms with E-state index < -0.39 is 0 Å². The van der Waals surface area contributed by atoms with Gasteiger partial charge in [0.2, 0.25) is 0 Å². The van der Waals surface area contributed by atoms with E-state index in [1.54, 1.807) is 4.90 Å². The number of hydrogen-bond acceptors (Lipinski definition) is 6. The smallest absolute Gasteiger partial charge is 0.410 e. The Balaban J connectivity index is 1.28. The van der Waals surface area contributed by atoms with Gasteiger partial charge in [0.1, 0.15) is 23.0 Å². The van der Waals surface area contributed by atoms with Gasteiger partial charge in [0.15, 0.2) is 6.10 Å². The van der Waals surface area contributed by atoms with Crippen molar-refractivity contribution in [1.82, 2.24) is 9.80 Å². The molecule has 0 aliphatic carbocycles. The average Bonchev–Trinajstić information content (AvgIpc) is 3.39. The van der Waals surface area contributed by atoms with Crippen LogP contribution in [0.25, 0.3) is 0 Å². The fourth-order valence-corrected chi connectivity index (χ4v) is 4.68. The van der Waals surface area contributed by atoms with Crippen LogP contribution in [0.3, 0.4) is 0 Å². The molecule has 30 heavy (non-hydrogen) atoms. The molecule has 3 heterocycles. The SMILES string of the molecule is CCOc1ccsc1C(=O)N1CCC(N2CC(COc3ccccc3)OC2=O)CC1. The summed E-state index contributed by atoms with van der Waals surface area (Å²) in [7, 11) is 0. The zero-order chi connectivity index (χ0) is 20.9. The summed E-state index contributed by atoms with van der Waals surface area (Å²) in [5.74, 6) is 1.42. The molecule has 2 aromatic rings. The number of carbonyl (C=O) groups is 2. The van der Waals surface area contributed by atoms with E-state index in [0.717, 1.165) is 18.6 Å². The van der Waals surface area contributed by atoms with Crippen molar-refractivity contribution in [1.29, 1.82) is 0 Å². The lowest BCUT2D eigenvalue weighted by atomic mass is 10.0. The minimum atomic E-state index is -0.293. The summed E-state index contributed by atoms with van der Waals surface area (Å²) in [4.78, 5) is 29.5. The van der Waals surface area contributed by atoms with Crippen molar-refractivity contribution in [3.8, 4) is 11.5 Å². The molecule has 4 rings (SSSR count). The van der Waals surface area contributed by atoms with Crippen molar-refractivity contribution in [2.45, 2.75) is 31.9 Å². The molecule has 0 radical (unpaired) electrons. The molecule has 0 N–H and O–H groups in total. The van der Waals surface area contributed by atoms with Crippen LogP contribution in [0.5, 0.6) is 11.5 Å². The van der Waals surface area contributed by atoms with Crippen molar-refractivity contribution in [2.24, 2.45) is 0 Å². The molecule has 2 aliphatic rings. The zero-order valence-electron chi connectivity index (χ0n) is 17.0. The first kappa shape index (κ1) is 20.5. The Labute approximate surface area is 180 Å². The fourth-order valence-electron chi connectivity index (χ4n) is 3.88. The van der Waals surface area contributed by atoms with Crippen LogP contribution < -0.4 is 9.47 Å². The highest BCUT2D eigenvalue weighted by atomic mass is 32.1. The third kappa shape index (κ3) is 4.53. The van der Waals surface area contributed by atoms with Crippen molar-refractivity contribution >= 4 is 23.3 Å². The van der Waals surface area contributed by atoms with E-state index in [1.807, 2.05) is 53.6 Å². The van der Waals surface area contributed by atoms with Crippen LogP contribution in [0.1, 0.15) is 29.4 Å². The highest BCUT2D eigenvalue weighted by Gasteiger charge is 2.38. The molecule has 2 fully saturated rings. The molecule has 1 aromatic carbocycles. The Morgan fingerprint density at radius 1 is 1.17 bits per heavy atom. The minimum absolute atomic E-state index is 0.00466. The fraction of sp³-hybridized carbons (Fsp3) is 0.455. The number of benzene rings is 1. The largest absolute Gasteiger partial charge is 0.492 e. The second-order valence-electron chi connectivity index (χ2n) is 7.35. The van der Waals surface area contributed by atoms with Crippen molar-refractivity contribution in [2.75, 3.05) is 32.8 Å². The third-order valence-electron chi connectivity index (χ3n) is 5.40. The lowest BCUT2D eigenvalue weighted by molar-refractivity contribution is 0.0659. The Morgan fingerprint density at radius 2 is 1.93 bits per heavy atom. The first-order valence-corrected chi connectivity index (χ1v) is 11.2. The lowest BCUT2D eigenvalue weighted by Crippen LogP contribution is -2.47. The summed E-state index contributed by atoms with van der Waals surface area (Å²) >= 11 is 1.41. The maximum absolute atomic E-state index is 12.9. The minimum Gasteiger partial charge on any atom is -0.492 e. The molecule has 1 atom stereocenters. The predicted octanol–water partition coefficient (Wildman–Crippen LogP) is 3.65. The van der Waals surface area contributed by atoms with Gasteiger partial charge in [-0.1, -0.05) is 18.2 Å². The Bertz CT molecular complexity index is 863. The third-order valence-corrected chi connectivity index (χ3v) is 6.28. The monoisotopic (exact) mass is 430 g/mol. The van der Waals surface area contributed by atoms with Crippen LogP contribution in [-0.2, 0) is 4.74 Å². The summed E-state index contributed by atoms with van der Waals surface area (Å²) in [6.07, 6.45) is 0.904. The average molecular weight is 431 g/mol. The van der Waals surface area contributed by atoms with Gasteiger partial charge in [0.25, 0.3) is 5.91 Å². The lowest BCUT2D eigenvalue weighted by Gasteiger charge is -2.35. The summed E-state index contributed by atoms with van der Waals surface area (Å²) in [5.41, 5.74) is 0. The van der Waals surface area contributed by atoms with Crippen molar-refractivity contribution < 1.29 is 23.8 Å².